The first-order valence-corrected chi connectivity index (χ1v) is 11.5. The Labute approximate surface area is 183 Å². The van der Waals surface area contributed by atoms with Crippen LogP contribution in [-0.4, -0.2) is 35.9 Å². The first-order chi connectivity index (χ1) is 14.3. The molecular formula is C22H26F4O2S2. The lowest BCUT2D eigenvalue weighted by Crippen LogP contribution is -2.45. The summed E-state index contributed by atoms with van der Waals surface area (Å²) in [5.74, 6) is -8.50. The van der Waals surface area contributed by atoms with Crippen molar-refractivity contribution < 1.29 is 27.0 Å². The van der Waals surface area contributed by atoms with Gasteiger partial charge in [0.25, 0.3) is 0 Å². The van der Waals surface area contributed by atoms with Crippen LogP contribution in [-0.2, 0) is 9.47 Å². The van der Waals surface area contributed by atoms with Crippen LogP contribution in [0.3, 0.4) is 0 Å². The number of thioether (sulfide) groups is 2. The van der Waals surface area contributed by atoms with E-state index in [4.69, 9.17) is 9.47 Å². The average Bonchev–Trinajstić information content (AvgIpc) is 2.69. The smallest absolute Gasteiger partial charge is 0.315 e. The molecule has 0 N–H and O–H groups in total. The number of benzene rings is 2. The van der Waals surface area contributed by atoms with E-state index in [1.54, 1.807) is 62.4 Å². The summed E-state index contributed by atoms with van der Waals surface area (Å²) in [4.78, 5) is 1.48. The largest absolute Gasteiger partial charge is 0.353 e. The number of rotatable bonds is 13. The SMILES string of the molecule is CCOC(CC(F)(F)C(F)(F)CC(Sc1ccccc1)Sc1ccccc1)OCC. The number of alkyl halides is 4. The molecule has 8 heteroatoms. The maximum Gasteiger partial charge on any atom is 0.315 e. The molecule has 0 saturated heterocycles. The van der Waals surface area contributed by atoms with Crippen molar-refractivity contribution in [1.29, 1.82) is 0 Å². The van der Waals surface area contributed by atoms with Crippen molar-refractivity contribution in [2.24, 2.45) is 0 Å². The van der Waals surface area contributed by atoms with Gasteiger partial charge in [0, 0.05) is 29.4 Å². The summed E-state index contributed by atoms with van der Waals surface area (Å²) in [6, 6.07) is 17.9. The number of hydrogen-bond donors (Lipinski definition) is 0. The molecule has 2 nitrogen and oxygen atoms in total. The van der Waals surface area contributed by atoms with Gasteiger partial charge in [0.2, 0.25) is 0 Å². The molecule has 0 fully saturated rings. The molecule has 0 spiro atoms. The van der Waals surface area contributed by atoms with Gasteiger partial charge in [0.15, 0.2) is 6.29 Å². The zero-order valence-corrected chi connectivity index (χ0v) is 18.5. The molecule has 2 rings (SSSR count). The van der Waals surface area contributed by atoms with Crippen molar-refractivity contribution in [1.82, 2.24) is 0 Å². The molecule has 0 radical (unpaired) electrons. The van der Waals surface area contributed by atoms with E-state index in [1.807, 2.05) is 12.1 Å². The normalized spacial score (nSPS) is 12.7. The van der Waals surface area contributed by atoms with Crippen LogP contribution < -0.4 is 0 Å². The number of halogens is 4. The lowest BCUT2D eigenvalue weighted by atomic mass is 10.1. The van der Waals surface area contributed by atoms with E-state index in [0.29, 0.717) is 0 Å². The second-order valence-electron chi connectivity index (χ2n) is 6.45. The van der Waals surface area contributed by atoms with Crippen LogP contribution >= 0.6 is 23.5 Å². The third-order valence-electron chi connectivity index (χ3n) is 4.11. The molecule has 0 amide bonds. The summed E-state index contributed by atoms with van der Waals surface area (Å²) in [6.45, 7) is 3.40. The van der Waals surface area contributed by atoms with E-state index >= 15 is 0 Å². The molecule has 2 aromatic carbocycles. The van der Waals surface area contributed by atoms with Crippen LogP contribution in [0, 0.1) is 0 Å². The predicted octanol–water partition coefficient (Wildman–Crippen LogP) is 7.35. The van der Waals surface area contributed by atoms with E-state index in [9.17, 15) is 17.6 Å². The van der Waals surface area contributed by atoms with Gasteiger partial charge < -0.3 is 9.47 Å². The highest BCUT2D eigenvalue weighted by molar-refractivity contribution is 8.17. The minimum Gasteiger partial charge on any atom is -0.353 e. The lowest BCUT2D eigenvalue weighted by molar-refractivity contribution is -0.253. The molecule has 0 unspecified atom stereocenters. The van der Waals surface area contributed by atoms with E-state index in [-0.39, 0.29) is 13.2 Å². The van der Waals surface area contributed by atoms with Crippen LogP contribution in [0.4, 0.5) is 17.6 Å². The maximum absolute atomic E-state index is 14.8. The van der Waals surface area contributed by atoms with Crippen LogP contribution in [0.1, 0.15) is 26.7 Å². The third-order valence-corrected chi connectivity index (χ3v) is 6.63. The monoisotopic (exact) mass is 462 g/mol. The standard InChI is InChI=1S/C22H26F4O2S2/c1-3-27-19(28-4-2)15-21(23,24)22(25,26)16-20(29-17-11-7-5-8-12-17)30-18-13-9-6-10-14-18/h5-14,19-20H,3-4,15-16H2,1-2H3. The topological polar surface area (TPSA) is 18.5 Å². The molecule has 0 aliphatic heterocycles. The number of ether oxygens (including phenoxy) is 2. The molecule has 0 aliphatic carbocycles. The Kier molecular flexibility index (Phi) is 10.0. The van der Waals surface area contributed by atoms with Crippen molar-refractivity contribution in [2.45, 2.75) is 59.2 Å². The zero-order chi connectivity index (χ0) is 22.0. The van der Waals surface area contributed by atoms with Gasteiger partial charge in [0.05, 0.1) is 11.0 Å². The van der Waals surface area contributed by atoms with Gasteiger partial charge in [-0.3, -0.25) is 0 Å². The Morgan fingerprint density at radius 2 is 1.10 bits per heavy atom. The quantitative estimate of drug-likeness (QED) is 0.176. The van der Waals surface area contributed by atoms with Crippen LogP contribution in [0.25, 0.3) is 0 Å². The van der Waals surface area contributed by atoms with Crippen molar-refractivity contribution in [3.05, 3.63) is 60.7 Å². The Hall–Kier alpha value is -1.22. The second kappa shape index (κ2) is 12.0. The number of hydrogen-bond acceptors (Lipinski definition) is 4. The molecule has 0 aromatic heterocycles. The minimum atomic E-state index is -4.27. The Balaban J connectivity index is 2.17. The van der Waals surface area contributed by atoms with E-state index in [0.717, 1.165) is 33.3 Å². The van der Waals surface area contributed by atoms with E-state index in [1.165, 1.54) is 0 Å². The predicted molar refractivity (Wildman–Crippen MR) is 115 cm³/mol. The summed E-state index contributed by atoms with van der Waals surface area (Å²) >= 11 is 2.31. The molecular weight excluding hydrogens is 436 g/mol. The summed E-state index contributed by atoms with van der Waals surface area (Å²) in [7, 11) is 0. The van der Waals surface area contributed by atoms with Gasteiger partial charge in [-0.2, -0.15) is 17.6 Å². The Morgan fingerprint density at radius 1 is 0.700 bits per heavy atom. The summed E-state index contributed by atoms with van der Waals surface area (Å²) in [5.41, 5.74) is 0. The zero-order valence-electron chi connectivity index (χ0n) is 16.9. The summed E-state index contributed by atoms with van der Waals surface area (Å²) < 4.78 is 68.2. The Bertz CT molecular complexity index is 685. The molecule has 0 bridgehead atoms. The van der Waals surface area contributed by atoms with Crippen LogP contribution in [0.5, 0.6) is 0 Å². The van der Waals surface area contributed by atoms with Gasteiger partial charge in [-0.25, -0.2) is 0 Å². The first-order valence-electron chi connectivity index (χ1n) is 9.69. The van der Waals surface area contributed by atoms with Crippen LogP contribution in [0.15, 0.2) is 70.5 Å². The summed E-state index contributed by atoms with van der Waals surface area (Å²) in [5, 5.41) is 0. The molecule has 0 saturated carbocycles. The second-order valence-corrected chi connectivity index (χ2v) is 9.30. The fourth-order valence-electron chi connectivity index (χ4n) is 2.66. The first kappa shape index (κ1) is 25.0. The van der Waals surface area contributed by atoms with Crippen molar-refractivity contribution in [3.63, 3.8) is 0 Å². The van der Waals surface area contributed by atoms with Crippen molar-refractivity contribution in [2.75, 3.05) is 13.2 Å². The van der Waals surface area contributed by atoms with Gasteiger partial charge in [-0.1, -0.05) is 36.4 Å². The van der Waals surface area contributed by atoms with Gasteiger partial charge in [-0.15, -0.1) is 23.5 Å². The molecule has 0 atom stereocenters. The molecule has 166 valence electrons. The van der Waals surface area contributed by atoms with Gasteiger partial charge in [-0.05, 0) is 38.1 Å². The van der Waals surface area contributed by atoms with E-state index in [2.05, 4.69) is 0 Å². The minimum absolute atomic E-state index is 0.0999. The maximum atomic E-state index is 14.8. The molecule has 30 heavy (non-hydrogen) atoms. The van der Waals surface area contributed by atoms with Crippen molar-refractivity contribution in [3.8, 4) is 0 Å². The van der Waals surface area contributed by atoms with Crippen molar-refractivity contribution >= 4 is 23.5 Å². The average molecular weight is 463 g/mol. The van der Waals surface area contributed by atoms with Gasteiger partial charge in [0.1, 0.15) is 0 Å². The Morgan fingerprint density at radius 3 is 1.50 bits per heavy atom. The van der Waals surface area contributed by atoms with E-state index < -0.39 is 35.6 Å². The lowest BCUT2D eigenvalue weighted by Gasteiger charge is -2.31. The molecule has 2 aromatic rings. The molecule has 0 aliphatic rings. The highest BCUT2D eigenvalue weighted by Crippen LogP contribution is 2.47. The summed E-state index contributed by atoms with van der Waals surface area (Å²) in [6.07, 6.45) is -3.56. The fourth-order valence-corrected chi connectivity index (χ4v) is 5.34. The third kappa shape index (κ3) is 7.80. The van der Waals surface area contributed by atoms with Gasteiger partial charge >= 0.3 is 11.8 Å². The fraction of sp³-hybridized carbons (Fsp3) is 0.455. The van der Waals surface area contributed by atoms with Crippen LogP contribution in [0.2, 0.25) is 0 Å². The molecule has 0 heterocycles. The highest BCUT2D eigenvalue weighted by atomic mass is 32.2. The highest BCUT2D eigenvalue weighted by Gasteiger charge is 2.58.